The van der Waals surface area contributed by atoms with Gasteiger partial charge in [-0.2, -0.15) is 0 Å². The summed E-state index contributed by atoms with van der Waals surface area (Å²) in [4.78, 5) is 55.7. The first kappa shape index (κ1) is 102. The maximum Gasteiger partial charge on any atom is 0.203 e. The lowest BCUT2D eigenvalue weighted by atomic mass is 9.98. The van der Waals surface area contributed by atoms with Crippen LogP contribution in [0.25, 0.3) is 44.1 Å². The van der Waals surface area contributed by atoms with E-state index < -0.39 is 0 Å². The lowest BCUT2D eigenvalue weighted by molar-refractivity contribution is -0.120. The second-order valence-electron chi connectivity index (χ2n) is 39.4. The third-order valence-electron chi connectivity index (χ3n) is 28.1. The van der Waals surface area contributed by atoms with Crippen molar-refractivity contribution >= 4 is 67.3 Å². The van der Waals surface area contributed by atoms with Crippen molar-refractivity contribution in [3.05, 3.63) is 506 Å². The summed E-state index contributed by atoms with van der Waals surface area (Å²) < 4.78 is 25.8. The van der Waals surface area contributed by atoms with E-state index in [1.54, 1.807) is 24.5 Å². The molecular weight excluding hydrogens is 1820 g/mol. The smallest absolute Gasteiger partial charge is 0.203 e. The van der Waals surface area contributed by atoms with Crippen LogP contribution in [-0.4, -0.2) is 73.8 Å². The summed E-state index contributed by atoms with van der Waals surface area (Å²) in [5.41, 5.74) is 30.6. The van der Waals surface area contributed by atoms with Crippen molar-refractivity contribution in [2.75, 3.05) is 0 Å². The molecule has 0 saturated heterocycles. The summed E-state index contributed by atoms with van der Waals surface area (Å²) in [6, 6.07) is 114. The molecule has 147 heavy (non-hydrogen) atoms. The van der Waals surface area contributed by atoms with Crippen LogP contribution in [0.15, 0.2) is 388 Å². The van der Waals surface area contributed by atoms with E-state index in [4.69, 9.17) is 4.42 Å². The molecular formula is C127H131N15O5. The van der Waals surface area contributed by atoms with Crippen LogP contribution in [0, 0.1) is 77.0 Å². The Bertz CT molecular complexity index is 7840. The molecule has 0 bridgehead atoms. The number of hydrogen-bond acceptors (Lipinski definition) is 10. The van der Waals surface area contributed by atoms with Crippen molar-refractivity contribution in [3.63, 3.8) is 0 Å². The Morgan fingerprint density at radius 3 is 0.741 bits per heavy atom. The fourth-order valence-corrected chi connectivity index (χ4v) is 19.9. The van der Waals surface area contributed by atoms with Crippen molar-refractivity contribution < 1.29 is 23.6 Å². The van der Waals surface area contributed by atoms with Crippen LogP contribution in [0.1, 0.15) is 185 Å². The largest absolute Gasteiger partial charge is 0.472 e. The number of rotatable bonds is 38. The van der Waals surface area contributed by atoms with Crippen molar-refractivity contribution in [1.82, 2.24) is 50.7 Å². The van der Waals surface area contributed by atoms with E-state index in [0.29, 0.717) is 124 Å². The molecule has 20 nitrogen and oxygen atoms in total. The van der Waals surface area contributed by atoms with E-state index in [-0.39, 0.29) is 47.3 Å². The number of benzene rings is 12. The highest BCUT2D eigenvalue weighted by Gasteiger charge is 2.28. The molecule has 0 amide bonds. The Kier molecular flexibility index (Phi) is 33.4. The number of nitrogens with zero attached hydrogens (tertiary/aromatic N) is 11. The Hall–Kier alpha value is -16.6. The Balaban J connectivity index is 0.000000134. The molecule has 20 rings (SSSR count). The maximum atomic E-state index is 13.0. The summed E-state index contributed by atoms with van der Waals surface area (Å²) in [5, 5.41) is 37.1. The first-order valence-corrected chi connectivity index (χ1v) is 51.1. The average Bonchev–Trinajstić information content (AvgIpc) is 1.62. The Labute approximate surface area is 859 Å². The number of nitrogens with one attached hydrogen (secondary N) is 4. The van der Waals surface area contributed by atoms with Gasteiger partial charge in [-0.15, -0.1) is 0 Å². The van der Waals surface area contributed by atoms with E-state index in [1.165, 1.54) is 90.4 Å². The maximum absolute atomic E-state index is 13.0. The minimum absolute atomic E-state index is 0.00649. The van der Waals surface area contributed by atoms with E-state index in [2.05, 4.69) is 340 Å². The summed E-state index contributed by atoms with van der Waals surface area (Å²) in [7, 11) is 0. The van der Waals surface area contributed by atoms with Gasteiger partial charge in [0.25, 0.3) is 0 Å². The molecule has 20 heteroatoms. The van der Waals surface area contributed by atoms with Gasteiger partial charge in [0, 0.05) is 92.6 Å². The Morgan fingerprint density at radius 1 is 0.265 bits per heavy atom. The number of carbonyl (C=O) groups excluding carboxylic acids is 4. The number of imidazole rings is 4. The third kappa shape index (κ3) is 26.0. The van der Waals surface area contributed by atoms with Crippen LogP contribution in [0.5, 0.6) is 0 Å². The summed E-state index contributed by atoms with van der Waals surface area (Å²) >= 11 is 0. The molecule has 8 aromatic heterocycles. The number of Topliss-reactive ketones (excluding diaryl/α,β-unsaturated/α-hetero) is 4. The highest BCUT2D eigenvalue weighted by molar-refractivity contribution is 5.96. The molecule has 0 aliphatic carbocycles. The van der Waals surface area contributed by atoms with Crippen molar-refractivity contribution in [2.45, 2.75) is 196 Å². The molecule has 4 N–H and O–H groups in total. The zero-order chi connectivity index (χ0) is 102. The van der Waals surface area contributed by atoms with Gasteiger partial charge < -0.3 is 50.1 Å². The van der Waals surface area contributed by atoms with Crippen LogP contribution in [0.3, 0.4) is 0 Å². The van der Waals surface area contributed by atoms with Gasteiger partial charge in [0.15, 0.2) is 23.1 Å². The standard InChI is InChI=1S/C32H32N4O.2C32H34N4O.C31H31N3O2/c1-23-9-13-25(14-10-23)20-28(17-18-31(37)27-6-5-19-34-21-27)36-30-8-4-3-7-29(30)35(32(36)33)22-26-15-11-24(2)12-16-26;2*1-24-9-13-26(14-10-24)21-28(17-18-29(37)23-34-19-5-6-20-34)36-31-8-4-3-7-30(31)35(32(36)33)22-27-15-11-25(2)12-16-27;1-22-7-11-24(12-8-22)19-27(15-16-30(35)26-17-18-36-21-26)34-29-6-4-3-5-28(29)33(31(34)32)20-25-13-9-23(2)10-14-25/h3-16,19,21,28,33H,17-18,20,22H2,1-2H3;2*3-16,19-20,28,33H,17-18,21-23H2,1-2H3;3-14,17-18,21,27,32H,15-16,19-20H2,1-2H3/t2*28-;;27-/m11.1/s1. The number of ketones is 4. The zero-order valence-corrected chi connectivity index (χ0v) is 85.4. The van der Waals surface area contributed by atoms with E-state index in [1.807, 2.05) is 113 Å². The van der Waals surface area contributed by atoms with Gasteiger partial charge in [-0.3, -0.25) is 45.8 Å². The average molecular weight is 1950 g/mol. The van der Waals surface area contributed by atoms with Gasteiger partial charge in [0.1, 0.15) is 6.26 Å². The molecule has 744 valence electrons. The summed E-state index contributed by atoms with van der Waals surface area (Å²) in [6.45, 7) is 20.0. The van der Waals surface area contributed by atoms with Crippen molar-refractivity contribution in [1.29, 1.82) is 21.6 Å². The fraction of sp³-hybridized carbons (Fsp3) is 0.236. The lowest BCUT2D eigenvalue weighted by Gasteiger charge is -2.20. The number of aromatic nitrogens is 11. The molecule has 8 heterocycles. The van der Waals surface area contributed by atoms with Gasteiger partial charge >= 0.3 is 0 Å². The van der Waals surface area contributed by atoms with E-state index in [0.717, 1.165) is 80.9 Å². The van der Waals surface area contributed by atoms with Crippen LogP contribution in [0.4, 0.5) is 0 Å². The molecule has 20 aromatic rings. The first-order chi connectivity index (χ1) is 71.4. The molecule has 0 spiro atoms. The van der Waals surface area contributed by atoms with Gasteiger partial charge in [-0.25, -0.2) is 0 Å². The van der Waals surface area contributed by atoms with Crippen LogP contribution in [-0.2, 0) is 74.5 Å². The number of furan rings is 1. The number of fused-ring (bicyclic) bond motifs is 4. The minimum atomic E-state index is -0.0417. The molecule has 0 fully saturated rings. The van der Waals surface area contributed by atoms with Crippen molar-refractivity contribution in [2.24, 2.45) is 0 Å². The van der Waals surface area contributed by atoms with Gasteiger partial charge in [-0.1, -0.05) is 287 Å². The third-order valence-corrected chi connectivity index (χ3v) is 28.1. The van der Waals surface area contributed by atoms with Crippen LogP contribution >= 0.6 is 0 Å². The second-order valence-corrected chi connectivity index (χ2v) is 39.4. The molecule has 12 aromatic carbocycles. The Morgan fingerprint density at radius 2 is 0.503 bits per heavy atom. The number of para-hydroxylation sites is 8. The van der Waals surface area contributed by atoms with E-state index >= 15 is 0 Å². The van der Waals surface area contributed by atoms with E-state index in [9.17, 15) is 40.8 Å². The first-order valence-electron chi connectivity index (χ1n) is 51.1. The fourth-order valence-electron chi connectivity index (χ4n) is 19.9. The number of carbonyl (C=O) groups is 4. The molecule has 0 saturated carbocycles. The zero-order valence-electron chi connectivity index (χ0n) is 85.4. The molecule has 1 unspecified atom stereocenters. The number of aryl methyl sites for hydroxylation is 8. The summed E-state index contributed by atoms with van der Waals surface area (Å²) in [5.74, 6) is 0.562. The SMILES string of the molecule is Cc1ccc(CC(CCC(=O)Cn2cccc2)n2c(=N)n(Cc3ccc(C)cc3)c3ccccc32)cc1.Cc1ccc(C[C@@H](CCC(=O)Cn2cccc2)n2c(=N)n(Cc3ccc(C)cc3)c3ccccc32)cc1.Cc1ccc(C[C@@H](CCC(=O)c2cccnc2)n2c(=N)n(Cc3ccc(C)cc3)c3ccccc32)cc1.Cc1ccc(C[C@@H](CCC(=O)c2ccoc2)n2c(=N)n(Cc3ccc(C)cc3)c3ccccc32)cc1. The predicted octanol–water partition coefficient (Wildman–Crippen LogP) is 25.5. The molecule has 4 atom stereocenters. The minimum Gasteiger partial charge on any atom is -0.472 e. The van der Waals surface area contributed by atoms with Gasteiger partial charge in [0.05, 0.1) is 95.2 Å². The van der Waals surface area contributed by atoms with Gasteiger partial charge in [-0.05, 0) is 242 Å². The topological polar surface area (TPSA) is 239 Å². The molecule has 0 aliphatic heterocycles. The molecule has 0 aliphatic rings. The predicted molar refractivity (Wildman–Crippen MR) is 587 cm³/mol. The second kappa shape index (κ2) is 48.2. The normalized spacial score (nSPS) is 12.1. The molecule has 0 radical (unpaired) electrons. The van der Waals surface area contributed by atoms with Crippen LogP contribution < -0.4 is 22.5 Å². The lowest BCUT2D eigenvalue weighted by Crippen LogP contribution is -2.29. The number of hydrogen-bond donors (Lipinski definition) is 4. The highest BCUT2D eigenvalue weighted by Crippen LogP contribution is 2.33. The van der Waals surface area contributed by atoms with Crippen LogP contribution in [0.2, 0.25) is 0 Å². The van der Waals surface area contributed by atoms with Gasteiger partial charge in [0.2, 0.25) is 22.5 Å². The van der Waals surface area contributed by atoms with Crippen molar-refractivity contribution in [3.8, 4) is 0 Å². The summed E-state index contributed by atoms with van der Waals surface area (Å²) in [6.07, 6.45) is 21.5. The monoisotopic (exact) mass is 1950 g/mol. The quantitative estimate of drug-likeness (QED) is 0.0274. The highest BCUT2D eigenvalue weighted by atomic mass is 16.3. The number of pyridine rings is 1.